The molecule has 1 aliphatic heterocycles. The SMILES string of the molecule is CC1CN(c2ccc([N+](=O)[O-])cc2I)CCC1O. The maximum absolute atomic E-state index is 10.7. The number of aliphatic hydroxyl groups is 1. The van der Waals surface area contributed by atoms with Gasteiger partial charge in [0.05, 0.1) is 16.7 Å². The topological polar surface area (TPSA) is 66.6 Å². The zero-order valence-electron chi connectivity index (χ0n) is 10.0. The molecule has 2 rings (SSSR count). The van der Waals surface area contributed by atoms with Crippen LogP contribution < -0.4 is 4.90 Å². The van der Waals surface area contributed by atoms with Crippen LogP contribution in [-0.2, 0) is 0 Å². The van der Waals surface area contributed by atoms with Crippen molar-refractivity contribution in [2.75, 3.05) is 18.0 Å². The summed E-state index contributed by atoms with van der Waals surface area (Å²) in [5, 5.41) is 20.4. The number of nitrogens with zero attached hydrogens (tertiary/aromatic N) is 2. The van der Waals surface area contributed by atoms with Crippen molar-refractivity contribution in [1.82, 2.24) is 0 Å². The van der Waals surface area contributed by atoms with Crippen LogP contribution in [0.2, 0.25) is 0 Å². The minimum atomic E-state index is -0.380. The van der Waals surface area contributed by atoms with Crippen LogP contribution in [0.4, 0.5) is 11.4 Å². The summed E-state index contributed by atoms with van der Waals surface area (Å²) in [5.74, 6) is 0.227. The normalized spacial score (nSPS) is 24.1. The highest BCUT2D eigenvalue weighted by Gasteiger charge is 2.25. The molecule has 1 fully saturated rings. The van der Waals surface area contributed by atoms with Crippen molar-refractivity contribution >= 4 is 34.0 Å². The number of halogens is 1. The van der Waals surface area contributed by atoms with Crippen LogP contribution in [0.15, 0.2) is 18.2 Å². The standard InChI is InChI=1S/C12H15IN2O3/c1-8-7-14(5-4-12(8)16)11-3-2-9(15(17)18)6-10(11)13/h2-3,6,8,12,16H,4-5,7H2,1H3. The van der Waals surface area contributed by atoms with Crippen molar-refractivity contribution in [3.8, 4) is 0 Å². The fourth-order valence-electron chi connectivity index (χ4n) is 2.22. The number of anilines is 1. The van der Waals surface area contributed by atoms with E-state index in [9.17, 15) is 15.2 Å². The van der Waals surface area contributed by atoms with Crippen LogP contribution in [0.1, 0.15) is 13.3 Å². The maximum Gasteiger partial charge on any atom is 0.270 e. The Labute approximate surface area is 119 Å². The van der Waals surface area contributed by atoms with Gasteiger partial charge in [0.2, 0.25) is 0 Å². The molecule has 1 aromatic carbocycles. The quantitative estimate of drug-likeness (QED) is 0.499. The second-order valence-electron chi connectivity index (χ2n) is 4.67. The predicted molar refractivity (Wildman–Crippen MR) is 77.8 cm³/mol. The van der Waals surface area contributed by atoms with Crippen LogP contribution in [0.3, 0.4) is 0 Å². The molecule has 0 aromatic heterocycles. The van der Waals surface area contributed by atoms with E-state index in [0.717, 1.165) is 28.8 Å². The highest BCUT2D eigenvalue weighted by atomic mass is 127. The fourth-order valence-corrected chi connectivity index (χ4v) is 3.06. The summed E-state index contributed by atoms with van der Waals surface area (Å²) in [6.07, 6.45) is 0.505. The number of benzene rings is 1. The van der Waals surface area contributed by atoms with Gasteiger partial charge < -0.3 is 10.0 Å². The summed E-state index contributed by atoms with van der Waals surface area (Å²) in [6.45, 7) is 3.60. The molecule has 0 saturated carbocycles. The Morgan fingerprint density at radius 1 is 1.56 bits per heavy atom. The van der Waals surface area contributed by atoms with Crippen LogP contribution in [0, 0.1) is 19.6 Å². The van der Waals surface area contributed by atoms with Crippen LogP contribution >= 0.6 is 22.6 Å². The van der Waals surface area contributed by atoms with E-state index in [4.69, 9.17) is 0 Å². The third-order valence-corrected chi connectivity index (χ3v) is 4.21. The van der Waals surface area contributed by atoms with Gasteiger partial charge in [-0.25, -0.2) is 0 Å². The zero-order valence-corrected chi connectivity index (χ0v) is 12.2. The average molecular weight is 362 g/mol. The molecule has 98 valence electrons. The van der Waals surface area contributed by atoms with Crippen molar-refractivity contribution in [3.63, 3.8) is 0 Å². The van der Waals surface area contributed by atoms with E-state index in [1.54, 1.807) is 12.1 Å². The van der Waals surface area contributed by atoms with E-state index in [2.05, 4.69) is 27.5 Å². The van der Waals surface area contributed by atoms with E-state index < -0.39 is 0 Å². The summed E-state index contributed by atoms with van der Waals surface area (Å²) >= 11 is 2.13. The van der Waals surface area contributed by atoms with Gasteiger partial charge in [-0.2, -0.15) is 0 Å². The first-order valence-electron chi connectivity index (χ1n) is 5.86. The molecule has 0 aliphatic carbocycles. The lowest BCUT2D eigenvalue weighted by Gasteiger charge is -2.36. The molecule has 0 spiro atoms. The van der Waals surface area contributed by atoms with E-state index in [1.807, 2.05) is 6.92 Å². The second-order valence-corrected chi connectivity index (χ2v) is 5.83. The molecule has 0 amide bonds. The molecule has 0 radical (unpaired) electrons. The second kappa shape index (κ2) is 5.40. The number of hydrogen-bond acceptors (Lipinski definition) is 4. The van der Waals surface area contributed by atoms with Gasteiger partial charge in [0, 0.05) is 28.8 Å². The molecule has 5 nitrogen and oxygen atoms in total. The number of aliphatic hydroxyl groups excluding tert-OH is 1. The Kier molecular flexibility index (Phi) is 4.06. The molecule has 1 aromatic rings. The highest BCUT2D eigenvalue weighted by Crippen LogP contribution is 2.30. The number of rotatable bonds is 2. The third kappa shape index (κ3) is 2.74. The van der Waals surface area contributed by atoms with Gasteiger partial charge in [-0.3, -0.25) is 10.1 Å². The number of nitro benzene ring substituents is 1. The summed E-state index contributed by atoms with van der Waals surface area (Å²) in [7, 11) is 0. The summed E-state index contributed by atoms with van der Waals surface area (Å²) in [4.78, 5) is 12.5. The van der Waals surface area contributed by atoms with Gasteiger partial charge in [0.25, 0.3) is 5.69 Å². The Bertz CT molecular complexity index is 467. The Morgan fingerprint density at radius 3 is 2.83 bits per heavy atom. The fraction of sp³-hybridized carbons (Fsp3) is 0.500. The van der Waals surface area contributed by atoms with Gasteiger partial charge >= 0.3 is 0 Å². The average Bonchev–Trinajstić information content (AvgIpc) is 2.32. The predicted octanol–water partition coefficient (Wildman–Crippen LogP) is 2.41. The van der Waals surface area contributed by atoms with Gasteiger partial charge in [-0.05, 0) is 41.0 Å². The van der Waals surface area contributed by atoms with Crippen molar-refractivity contribution in [2.45, 2.75) is 19.4 Å². The number of piperidine rings is 1. The molecule has 0 bridgehead atoms. The monoisotopic (exact) mass is 362 g/mol. The first-order chi connectivity index (χ1) is 8.49. The molecule has 1 N–H and O–H groups in total. The van der Waals surface area contributed by atoms with Crippen molar-refractivity contribution in [1.29, 1.82) is 0 Å². The maximum atomic E-state index is 10.7. The molecular weight excluding hydrogens is 347 g/mol. The minimum absolute atomic E-state index is 0.119. The molecule has 1 aliphatic rings. The molecule has 2 unspecified atom stereocenters. The lowest BCUT2D eigenvalue weighted by Crippen LogP contribution is -2.42. The minimum Gasteiger partial charge on any atom is -0.393 e. The van der Waals surface area contributed by atoms with Crippen LogP contribution in [-0.4, -0.2) is 29.2 Å². The van der Waals surface area contributed by atoms with Gasteiger partial charge in [-0.15, -0.1) is 0 Å². The van der Waals surface area contributed by atoms with Gasteiger partial charge in [-0.1, -0.05) is 6.92 Å². The van der Waals surface area contributed by atoms with E-state index in [-0.39, 0.29) is 22.6 Å². The summed E-state index contributed by atoms with van der Waals surface area (Å²) < 4.78 is 0.880. The van der Waals surface area contributed by atoms with Crippen molar-refractivity contribution in [3.05, 3.63) is 31.9 Å². The van der Waals surface area contributed by atoms with E-state index in [1.165, 1.54) is 6.07 Å². The van der Waals surface area contributed by atoms with Gasteiger partial charge in [0.15, 0.2) is 0 Å². The number of non-ortho nitro benzene ring substituents is 1. The molecule has 1 saturated heterocycles. The molecule has 2 atom stereocenters. The zero-order chi connectivity index (χ0) is 13.3. The lowest BCUT2D eigenvalue weighted by molar-refractivity contribution is -0.384. The van der Waals surface area contributed by atoms with Crippen LogP contribution in [0.25, 0.3) is 0 Å². The number of nitro groups is 1. The Balaban J connectivity index is 2.21. The highest BCUT2D eigenvalue weighted by molar-refractivity contribution is 14.1. The summed E-state index contributed by atoms with van der Waals surface area (Å²) in [5.41, 5.74) is 1.13. The van der Waals surface area contributed by atoms with Gasteiger partial charge in [0.1, 0.15) is 0 Å². The first-order valence-corrected chi connectivity index (χ1v) is 6.94. The van der Waals surface area contributed by atoms with E-state index in [0.29, 0.717) is 0 Å². The largest absolute Gasteiger partial charge is 0.393 e. The van der Waals surface area contributed by atoms with E-state index >= 15 is 0 Å². The molecular formula is C12H15IN2O3. The number of hydrogen-bond donors (Lipinski definition) is 1. The molecule has 1 heterocycles. The molecule has 6 heteroatoms. The molecule has 18 heavy (non-hydrogen) atoms. The Morgan fingerprint density at radius 2 is 2.28 bits per heavy atom. The van der Waals surface area contributed by atoms with Crippen molar-refractivity contribution < 1.29 is 10.0 Å². The Hall–Kier alpha value is -0.890. The van der Waals surface area contributed by atoms with Crippen molar-refractivity contribution in [2.24, 2.45) is 5.92 Å². The first kappa shape index (κ1) is 13.5. The summed E-state index contributed by atoms with van der Waals surface area (Å²) in [6, 6.07) is 4.92. The smallest absolute Gasteiger partial charge is 0.270 e. The third-order valence-electron chi connectivity index (χ3n) is 3.34. The lowest BCUT2D eigenvalue weighted by atomic mass is 9.96. The van der Waals surface area contributed by atoms with Crippen LogP contribution in [0.5, 0.6) is 0 Å².